The van der Waals surface area contributed by atoms with Crippen molar-refractivity contribution in [1.82, 2.24) is 9.97 Å². The standard InChI is InChI=1S/C7H8N2O3S/c10-7(11)12-6(13)1-5-2-8-4-9-3-5/h2-4,6,13H,1H2,(H,10,11). The van der Waals surface area contributed by atoms with E-state index in [2.05, 4.69) is 27.3 Å². The van der Waals surface area contributed by atoms with Crippen molar-refractivity contribution < 1.29 is 14.6 Å². The average molecular weight is 200 g/mol. The number of carboxylic acid groups (broad SMARTS) is 1. The molecule has 0 aliphatic heterocycles. The Hall–Kier alpha value is -1.30. The summed E-state index contributed by atoms with van der Waals surface area (Å²) in [6.07, 6.45) is 3.59. The van der Waals surface area contributed by atoms with Crippen molar-refractivity contribution in [2.24, 2.45) is 0 Å². The Bertz CT molecular complexity index is 280. The lowest BCUT2D eigenvalue weighted by molar-refractivity contribution is 0.0829. The molecule has 70 valence electrons. The summed E-state index contributed by atoms with van der Waals surface area (Å²) in [5.74, 6) is 0. The number of ether oxygens (including phenoxy) is 1. The summed E-state index contributed by atoms with van der Waals surface area (Å²) in [7, 11) is 0. The summed E-state index contributed by atoms with van der Waals surface area (Å²) in [4.78, 5) is 17.6. The van der Waals surface area contributed by atoms with E-state index in [4.69, 9.17) is 5.11 Å². The van der Waals surface area contributed by atoms with Gasteiger partial charge in [0.1, 0.15) is 6.33 Å². The zero-order valence-electron chi connectivity index (χ0n) is 6.62. The van der Waals surface area contributed by atoms with Crippen LogP contribution in [0.4, 0.5) is 4.79 Å². The molecule has 1 atom stereocenters. The number of rotatable bonds is 3. The number of nitrogens with zero attached hydrogens (tertiary/aromatic N) is 2. The third-order valence-electron chi connectivity index (χ3n) is 1.26. The van der Waals surface area contributed by atoms with Gasteiger partial charge in [0.15, 0.2) is 5.44 Å². The van der Waals surface area contributed by atoms with Gasteiger partial charge in [0.05, 0.1) is 0 Å². The van der Waals surface area contributed by atoms with Gasteiger partial charge in [0, 0.05) is 18.8 Å². The van der Waals surface area contributed by atoms with E-state index in [9.17, 15) is 4.79 Å². The van der Waals surface area contributed by atoms with Gasteiger partial charge >= 0.3 is 6.16 Å². The lowest BCUT2D eigenvalue weighted by atomic mass is 10.2. The second kappa shape index (κ2) is 4.66. The van der Waals surface area contributed by atoms with E-state index in [1.807, 2.05) is 0 Å². The van der Waals surface area contributed by atoms with Crippen LogP contribution in [0.3, 0.4) is 0 Å². The molecule has 0 bridgehead atoms. The first kappa shape index (κ1) is 9.79. The minimum Gasteiger partial charge on any atom is -0.450 e. The first-order chi connectivity index (χ1) is 6.18. The molecular weight excluding hydrogens is 192 g/mol. The Morgan fingerprint density at radius 3 is 2.77 bits per heavy atom. The van der Waals surface area contributed by atoms with Gasteiger partial charge in [-0.25, -0.2) is 14.8 Å². The lowest BCUT2D eigenvalue weighted by Crippen LogP contribution is -2.13. The molecule has 0 aromatic carbocycles. The lowest BCUT2D eigenvalue weighted by Gasteiger charge is -2.08. The Kier molecular flexibility index (Phi) is 3.51. The summed E-state index contributed by atoms with van der Waals surface area (Å²) in [6.45, 7) is 0. The fourth-order valence-electron chi connectivity index (χ4n) is 0.795. The molecule has 0 spiro atoms. The Morgan fingerprint density at radius 2 is 2.23 bits per heavy atom. The van der Waals surface area contributed by atoms with Gasteiger partial charge in [-0.3, -0.25) is 0 Å². The first-order valence-electron chi connectivity index (χ1n) is 3.50. The molecule has 1 N–H and O–H groups in total. The van der Waals surface area contributed by atoms with Gasteiger partial charge in [-0.15, -0.1) is 12.6 Å². The molecule has 0 saturated carbocycles. The van der Waals surface area contributed by atoms with Crippen molar-refractivity contribution in [2.75, 3.05) is 0 Å². The summed E-state index contributed by atoms with van der Waals surface area (Å²) in [5, 5.41) is 8.26. The monoisotopic (exact) mass is 200 g/mol. The van der Waals surface area contributed by atoms with Crippen LogP contribution < -0.4 is 0 Å². The van der Waals surface area contributed by atoms with Crippen LogP contribution in [0.15, 0.2) is 18.7 Å². The van der Waals surface area contributed by atoms with E-state index in [1.165, 1.54) is 6.33 Å². The van der Waals surface area contributed by atoms with Crippen LogP contribution in [0.5, 0.6) is 0 Å². The van der Waals surface area contributed by atoms with E-state index in [0.717, 1.165) is 5.56 Å². The molecule has 0 saturated heterocycles. The van der Waals surface area contributed by atoms with Crippen LogP contribution in [0.1, 0.15) is 5.56 Å². The summed E-state index contributed by atoms with van der Waals surface area (Å²) >= 11 is 3.92. The van der Waals surface area contributed by atoms with Crippen molar-refractivity contribution >= 4 is 18.8 Å². The summed E-state index contributed by atoms with van der Waals surface area (Å²) in [5.41, 5.74) is 0.104. The van der Waals surface area contributed by atoms with Crippen molar-refractivity contribution in [2.45, 2.75) is 11.9 Å². The molecule has 0 amide bonds. The zero-order chi connectivity index (χ0) is 9.68. The number of hydrogen-bond acceptors (Lipinski definition) is 5. The molecule has 6 heteroatoms. The van der Waals surface area contributed by atoms with Crippen LogP contribution in [-0.2, 0) is 11.2 Å². The molecule has 1 aromatic heterocycles. The van der Waals surface area contributed by atoms with Gasteiger partial charge in [-0.1, -0.05) is 0 Å². The van der Waals surface area contributed by atoms with Crippen molar-refractivity contribution in [3.63, 3.8) is 0 Å². The topological polar surface area (TPSA) is 72.3 Å². The van der Waals surface area contributed by atoms with E-state index in [1.54, 1.807) is 12.4 Å². The number of thiol groups is 1. The molecule has 1 rings (SSSR count). The molecule has 13 heavy (non-hydrogen) atoms. The maximum Gasteiger partial charge on any atom is 0.506 e. The highest BCUT2D eigenvalue weighted by atomic mass is 32.1. The smallest absolute Gasteiger partial charge is 0.450 e. The fourth-order valence-corrected chi connectivity index (χ4v) is 1.10. The van der Waals surface area contributed by atoms with Gasteiger partial charge in [-0.2, -0.15) is 0 Å². The highest BCUT2D eigenvalue weighted by Gasteiger charge is 2.09. The minimum atomic E-state index is -1.34. The normalized spacial score (nSPS) is 12.1. The van der Waals surface area contributed by atoms with Crippen molar-refractivity contribution in [3.05, 3.63) is 24.3 Å². The third-order valence-corrected chi connectivity index (χ3v) is 1.55. The molecule has 0 aliphatic carbocycles. The average Bonchev–Trinajstić information content (AvgIpc) is 2.04. The number of hydrogen-bond donors (Lipinski definition) is 2. The third kappa shape index (κ3) is 3.75. The summed E-state index contributed by atoms with van der Waals surface area (Å²) < 4.78 is 4.38. The van der Waals surface area contributed by atoms with Gasteiger partial charge in [-0.05, 0) is 5.56 Å². The van der Waals surface area contributed by atoms with Gasteiger partial charge in [0.25, 0.3) is 0 Å². The van der Waals surface area contributed by atoms with E-state index < -0.39 is 11.6 Å². The first-order valence-corrected chi connectivity index (χ1v) is 4.01. The van der Waals surface area contributed by atoms with Crippen molar-refractivity contribution in [3.8, 4) is 0 Å². The van der Waals surface area contributed by atoms with Gasteiger partial charge in [0.2, 0.25) is 0 Å². The predicted molar refractivity (Wildman–Crippen MR) is 47.6 cm³/mol. The van der Waals surface area contributed by atoms with Crippen molar-refractivity contribution in [1.29, 1.82) is 0 Å². The van der Waals surface area contributed by atoms with Crippen LogP contribution in [-0.4, -0.2) is 26.7 Å². The molecule has 1 aromatic rings. The van der Waals surface area contributed by atoms with E-state index >= 15 is 0 Å². The zero-order valence-corrected chi connectivity index (χ0v) is 7.52. The van der Waals surface area contributed by atoms with Gasteiger partial charge < -0.3 is 9.84 Å². The van der Waals surface area contributed by atoms with Crippen LogP contribution in [0, 0.1) is 0 Å². The quantitative estimate of drug-likeness (QED) is 0.432. The number of aromatic nitrogens is 2. The minimum absolute atomic E-state index is 0.357. The van der Waals surface area contributed by atoms with E-state index in [-0.39, 0.29) is 0 Å². The van der Waals surface area contributed by atoms with Crippen LogP contribution >= 0.6 is 12.6 Å². The molecule has 0 fully saturated rings. The van der Waals surface area contributed by atoms with Crippen LogP contribution in [0.25, 0.3) is 0 Å². The molecule has 1 heterocycles. The highest BCUT2D eigenvalue weighted by molar-refractivity contribution is 7.80. The predicted octanol–water partition coefficient (Wildman–Crippen LogP) is 0.970. The number of carbonyl (C=O) groups is 1. The summed E-state index contributed by atoms with van der Waals surface area (Å²) in [6, 6.07) is 0. The second-order valence-electron chi connectivity index (χ2n) is 2.29. The Balaban J connectivity index is 2.45. The van der Waals surface area contributed by atoms with Crippen LogP contribution in [0.2, 0.25) is 0 Å². The Morgan fingerprint density at radius 1 is 1.62 bits per heavy atom. The maximum atomic E-state index is 10.1. The maximum absolute atomic E-state index is 10.1. The molecule has 0 radical (unpaired) electrons. The molecular formula is C7H8N2O3S. The second-order valence-corrected chi connectivity index (χ2v) is 2.87. The fraction of sp³-hybridized carbons (Fsp3) is 0.286. The molecule has 0 aliphatic rings. The largest absolute Gasteiger partial charge is 0.506 e. The molecule has 1 unspecified atom stereocenters. The van der Waals surface area contributed by atoms with E-state index in [0.29, 0.717) is 6.42 Å². The molecule has 5 nitrogen and oxygen atoms in total. The highest BCUT2D eigenvalue weighted by Crippen LogP contribution is 2.06. The SMILES string of the molecule is O=C(O)OC(S)Cc1cncnc1. The Labute approximate surface area is 80.2 Å².